The van der Waals surface area contributed by atoms with Crippen molar-refractivity contribution in [1.82, 2.24) is 9.97 Å². The number of H-pyrrole nitrogens is 1. The zero-order valence-electron chi connectivity index (χ0n) is 14.3. The minimum absolute atomic E-state index is 0.144. The van der Waals surface area contributed by atoms with Gasteiger partial charge in [-0.05, 0) is 31.4 Å². The lowest BCUT2D eigenvalue weighted by Gasteiger charge is -2.07. The first-order chi connectivity index (χ1) is 12.3. The van der Waals surface area contributed by atoms with Gasteiger partial charge in [-0.25, -0.2) is 13.4 Å². The predicted octanol–water partition coefficient (Wildman–Crippen LogP) is 4.49. The summed E-state index contributed by atoms with van der Waals surface area (Å²) in [7, 11) is -3.51. The molecule has 0 radical (unpaired) electrons. The van der Waals surface area contributed by atoms with Gasteiger partial charge < -0.3 is 4.98 Å². The van der Waals surface area contributed by atoms with E-state index in [-0.39, 0.29) is 15.7 Å². The molecule has 0 bridgehead atoms. The molecule has 1 aromatic heterocycles. The Morgan fingerprint density at radius 2 is 2.08 bits per heavy atom. The largest absolute Gasteiger partial charge is 0.348 e. The summed E-state index contributed by atoms with van der Waals surface area (Å²) >= 11 is 14.8. The first-order valence-corrected chi connectivity index (χ1v) is 12.4. The van der Waals surface area contributed by atoms with Gasteiger partial charge in [-0.15, -0.1) is 11.8 Å². The molecule has 2 aromatic rings. The number of aromatic amines is 1. The van der Waals surface area contributed by atoms with Gasteiger partial charge in [0.1, 0.15) is 5.75 Å². The summed E-state index contributed by atoms with van der Waals surface area (Å²) in [6.45, 7) is 2.54. The lowest BCUT2D eigenvalue weighted by molar-refractivity contribution is 0.600. The minimum Gasteiger partial charge on any atom is -0.348 e. The number of thioether (sulfide) groups is 2. The van der Waals surface area contributed by atoms with E-state index >= 15 is 0 Å². The Morgan fingerprint density at radius 3 is 2.69 bits per heavy atom. The average molecular weight is 452 g/mol. The number of rotatable bonds is 8. The number of aliphatic imine (C=N–C) groups is 1. The summed E-state index contributed by atoms with van der Waals surface area (Å²) < 4.78 is 25.1. The minimum atomic E-state index is -3.51. The molecule has 0 aliphatic rings. The van der Waals surface area contributed by atoms with Crippen LogP contribution in [0.2, 0.25) is 10.0 Å². The van der Waals surface area contributed by atoms with Crippen LogP contribution in [-0.2, 0) is 15.6 Å². The zero-order valence-corrected chi connectivity index (χ0v) is 18.3. The zero-order chi connectivity index (χ0) is 19.2. The van der Waals surface area contributed by atoms with E-state index in [1.165, 1.54) is 30.0 Å². The van der Waals surface area contributed by atoms with E-state index in [9.17, 15) is 8.42 Å². The number of imidazole rings is 1. The van der Waals surface area contributed by atoms with E-state index in [0.717, 1.165) is 22.9 Å². The fourth-order valence-electron chi connectivity index (χ4n) is 2.02. The summed E-state index contributed by atoms with van der Waals surface area (Å²) in [6.07, 6.45) is 3.51. The van der Waals surface area contributed by atoms with Crippen LogP contribution in [0.5, 0.6) is 0 Å². The first kappa shape index (κ1) is 21.6. The number of halogens is 2. The molecular formula is C16H19Cl2N3O2S3. The SMILES string of the molecule is CSC(CS(=O)(=O)c1ccc(Cl)c(Cl)c1)=NCCSCc1nc[nH]c1C. The lowest BCUT2D eigenvalue weighted by atomic mass is 10.4. The van der Waals surface area contributed by atoms with Gasteiger partial charge in [0.25, 0.3) is 0 Å². The van der Waals surface area contributed by atoms with Crippen LogP contribution >= 0.6 is 46.7 Å². The summed E-state index contributed by atoms with van der Waals surface area (Å²) in [4.78, 5) is 11.9. The molecule has 0 atom stereocenters. The van der Waals surface area contributed by atoms with Crippen LogP contribution in [0, 0.1) is 6.92 Å². The summed E-state index contributed by atoms with van der Waals surface area (Å²) in [5, 5.41) is 1.13. The Kier molecular flexibility index (Phi) is 8.35. The van der Waals surface area contributed by atoms with Crippen LogP contribution in [0.15, 0.2) is 34.4 Å². The first-order valence-electron chi connectivity index (χ1n) is 7.65. The highest BCUT2D eigenvalue weighted by Gasteiger charge is 2.18. The standard InChI is InChI=1S/C16H19Cl2N3O2S3/c1-11-15(21-10-20-11)8-25-6-5-19-16(24-2)9-26(22,23)12-3-4-13(17)14(18)7-12/h3-4,7,10H,5-6,8-9H2,1-2H3,(H,20,21). The smallest absolute Gasteiger partial charge is 0.184 e. The molecule has 2 rings (SSSR count). The summed E-state index contributed by atoms with van der Waals surface area (Å²) in [5.41, 5.74) is 2.10. The van der Waals surface area contributed by atoms with Crippen molar-refractivity contribution in [3.63, 3.8) is 0 Å². The van der Waals surface area contributed by atoms with Crippen molar-refractivity contribution in [2.24, 2.45) is 4.99 Å². The van der Waals surface area contributed by atoms with Crippen LogP contribution in [0.3, 0.4) is 0 Å². The van der Waals surface area contributed by atoms with Gasteiger partial charge in [-0.3, -0.25) is 4.99 Å². The number of hydrogen-bond acceptors (Lipinski definition) is 6. The molecule has 26 heavy (non-hydrogen) atoms. The predicted molar refractivity (Wildman–Crippen MR) is 114 cm³/mol. The highest BCUT2D eigenvalue weighted by Crippen LogP contribution is 2.26. The second-order valence-corrected chi connectivity index (χ2v) is 10.1. The van der Waals surface area contributed by atoms with Gasteiger partial charge >= 0.3 is 0 Å². The maximum absolute atomic E-state index is 12.5. The summed E-state index contributed by atoms with van der Waals surface area (Å²) in [5.74, 6) is 1.46. The lowest BCUT2D eigenvalue weighted by Crippen LogP contribution is -2.14. The third kappa shape index (κ3) is 6.20. The molecule has 5 nitrogen and oxygen atoms in total. The van der Waals surface area contributed by atoms with E-state index in [2.05, 4.69) is 15.0 Å². The van der Waals surface area contributed by atoms with Gasteiger partial charge in [0.2, 0.25) is 0 Å². The average Bonchev–Trinajstić information content (AvgIpc) is 3.00. The number of nitrogens with one attached hydrogen (secondary N) is 1. The van der Waals surface area contributed by atoms with Crippen molar-refractivity contribution >= 4 is 61.6 Å². The molecular weight excluding hydrogens is 433 g/mol. The van der Waals surface area contributed by atoms with E-state index in [1.54, 1.807) is 18.1 Å². The van der Waals surface area contributed by atoms with Crippen LogP contribution in [0.1, 0.15) is 11.4 Å². The number of sulfone groups is 1. The molecule has 0 saturated heterocycles. The number of nitrogens with zero attached hydrogens (tertiary/aromatic N) is 2. The van der Waals surface area contributed by atoms with Gasteiger partial charge in [0, 0.05) is 23.7 Å². The van der Waals surface area contributed by atoms with Gasteiger partial charge in [0.05, 0.1) is 32.0 Å². The highest BCUT2D eigenvalue weighted by molar-refractivity contribution is 8.14. The second kappa shape index (κ2) is 10.0. The van der Waals surface area contributed by atoms with Gasteiger partial charge in [-0.2, -0.15) is 11.8 Å². The molecule has 0 amide bonds. The molecule has 10 heteroatoms. The van der Waals surface area contributed by atoms with E-state index < -0.39 is 9.84 Å². The highest BCUT2D eigenvalue weighted by atomic mass is 35.5. The van der Waals surface area contributed by atoms with E-state index in [1.807, 2.05) is 13.2 Å². The third-order valence-corrected chi connectivity index (χ3v) is 7.74. The van der Waals surface area contributed by atoms with Crippen molar-refractivity contribution in [3.8, 4) is 0 Å². The number of hydrogen-bond donors (Lipinski definition) is 1. The van der Waals surface area contributed by atoms with Crippen molar-refractivity contribution in [3.05, 3.63) is 46.0 Å². The molecule has 1 N–H and O–H groups in total. The fourth-order valence-corrected chi connectivity index (χ4v) is 5.55. The van der Waals surface area contributed by atoms with Crippen LogP contribution in [0.25, 0.3) is 0 Å². The monoisotopic (exact) mass is 451 g/mol. The van der Waals surface area contributed by atoms with Crippen LogP contribution < -0.4 is 0 Å². The Labute approximate surface area is 172 Å². The maximum atomic E-state index is 12.5. The molecule has 0 aliphatic heterocycles. The molecule has 0 unspecified atom stereocenters. The van der Waals surface area contributed by atoms with Crippen molar-refractivity contribution in [1.29, 1.82) is 0 Å². The van der Waals surface area contributed by atoms with E-state index in [0.29, 0.717) is 16.6 Å². The van der Waals surface area contributed by atoms with Crippen molar-refractivity contribution < 1.29 is 8.42 Å². The number of aromatic nitrogens is 2. The third-order valence-electron chi connectivity index (χ3n) is 3.50. The molecule has 0 saturated carbocycles. The quantitative estimate of drug-likeness (QED) is 0.363. The molecule has 1 heterocycles. The van der Waals surface area contributed by atoms with Crippen molar-refractivity contribution in [2.45, 2.75) is 17.6 Å². The Morgan fingerprint density at radius 1 is 1.31 bits per heavy atom. The maximum Gasteiger partial charge on any atom is 0.184 e. The molecule has 142 valence electrons. The van der Waals surface area contributed by atoms with E-state index in [4.69, 9.17) is 23.2 Å². The van der Waals surface area contributed by atoms with Crippen LogP contribution in [0.4, 0.5) is 0 Å². The normalized spacial score (nSPS) is 12.5. The Hall–Kier alpha value is -0.670. The Bertz CT molecular complexity index is 883. The second-order valence-electron chi connectivity index (χ2n) is 5.34. The molecule has 0 spiro atoms. The fraction of sp³-hybridized carbons (Fsp3) is 0.375. The van der Waals surface area contributed by atoms with Crippen molar-refractivity contribution in [2.75, 3.05) is 24.3 Å². The van der Waals surface area contributed by atoms with Gasteiger partial charge in [-0.1, -0.05) is 23.2 Å². The molecule has 0 fully saturated rings. The topological polar surface area (TPSA) is 75.2 Å². The molecule has 0 aliphatic carbocycles. The Balaban J connectivity index is 1.91. The number of benzene rings is 1. The molecule has 1 aromatic carbocycles. The van der Waals surface area contributed by atoms with Gasteiger partial charge in [0.15, 0.2) is 9.84 Å². The number of aryl methyl sites for hydroxylation is 1. The van der Waals surface area contributed by atoms with Crippen LogP contribution in [-0.4, -0.2) is 47.7 Å². The summed E-state index contributed by atoms with van der Waals surface area (Å²) in [6, 6.07) is 4.32.